The first kappa shape index (κ1) is 13.2. The maximum atomic E-state index is 9.90. The Balaban J connectivity index is 1.77. The van der Waals surface area contributed by atoms with Crippen LogP contribution in [0.3, 0.4) is 0 Å². The largest absolute Gasteiger partial charge is 0.508 e. The van der Waals surface area contributed by atoms with Gasteiger partial charge in [-0.3, -0.25) is 0 Å². The molecule has 0 bridgehead atoms. The lowest BCUT2D eigenvalue weighted by Crippen LogP contribution is -2.22. The summed E-state index contributed by atoms with van der Waals surface area (Å²) >= 11 is 0. The van der Waals surface area contributed by atoms with Crippen molar-refractivity contribution in [1.82, 2.24) is 5.32 Å². The van der Waals surface area contributed by atoms with Gasteiger partial charge in [-0.2, -0.15) is 0 Å². The fourth-order valence-corrected chi connectivity index (χ4v) is 3.06. The lowest BCUT2D eigenvalue weighted by molar-refractivity contribution is 0.465. The van der Waals surface area contributed by atoms with Crippen LogP contribution in [0.25, 0.3) is 0 Å². The van der Waals surface area contributed by atoms with Gasteiger partial charge in [-0.15, -0.1) is 0 Å². The monoisotopic (exact) mass is 267 g/mol. The van der Waals surface area contributed by atoms with Gasteiger partial charge in [0.1, 0.15) is 5.75 Å². The number of hydrogen-bond donors (Lipinski definition) is 2. The first-order chi connectivity index (χ1) is 9.65. The number of aryl methyl sites for hydroxylation is 1. The number of benzene rings is 2. The maximum Gasteiger partial charge on any atom is 0.119 e. The molecule has 0 heterocycles. The first-order valence-corrected chi connectivity index (χ1v) is 7.28. The molecular formula is C18H21NO. The summed E-state index contributed by atoms with van der Waals surface area (Å²) in [5.74, 6) is 0.440. The Morgan fingerprint density at radius 3 is 2.65 bits per heavy atom. The summed E-state index contributed by atoms with van der Waals surface area (Å²) in [6.45, 7) is 4.31. The molecule has 20 heavy (non-hydrogen) atoms. The van der Waals surface area contributed by atoms with Crippen LogP contribution in [0.5, 0.6) is 5.75 Å². The second kappa shape index (κ2) is 5.29. The summed E-state index contributed by atoms with van der Waals surface area (Å²) in [6, 6.07) is 15.2. The zero-order valence-electron chi connectivity index (χ0n) is 12.1. The van der Waals surface area contributed by atoms with E-state index in [9.17, 15) is 5.11 Å². The smallest absolute Gasteiger partial charge is 0.119 e. The van der Waals surface area contributed by atoms with Crippen molar-refractivity contribution in [3.8, 4) is 5.75 Å². The molecule has 0 radical (unpaired) electrons. The Bertz CT molecular complexity index is 603. The standard InChI is InChI=1S/C18H21NO/c1-12-6-8-14(9-7-12)13(2)19-17-11-10-16-15(17)4-3-5-18(16)20/h3-9,13,17,19-20H,10-11H2,1-2H3/t13-,17?/m1/s1. The minimum absolute atomic E-state index is 0.314. The van der Waals surface area contributed by atoms with Gasteiger partial charge in [-0.25, -0.2) is 0 Å². The van der Waals surface area contributed by atoms with Crippen LogP contribution in [-0.4, -0.2) is 5.11 Å². The van der Waals surface area contributed by atoms with Crippen LogP contribution in [0.1, 0.15) is 47.7 Å². The van der Waals surface area contributed by atoms with Gasteiger partial charge in [0.2, 0.25) is 0 Å². The van der Waals surface area contributed by atoms with Gasteiger partial charge in [-0.05, 0) is 49.4 Å². The summed E-state index contributed by atoms with van der Waals surface area (Å²) in [6.07, 6.45) is 2.02. The Morgan fingerprint density at radius 1 is 1.15 bits per heavy atom. The molecule has 1 aliphatic carbocycles. The Labute approximate surface area is 120 Å². The van der Waals surface area contributed by atoms with Crippen LogP contribution in [0, 0.1) is 6.92 Å². The zero-order chi connectivity index (χ0) is 14.1. The van der Waals surface area contributed by atoms with E-state index in [1.54, 1.807) is 6.07 Å². The normalized spacial score (nSPS) is 18.8. The fourth-order valence-electron chi connectivity index (χ4n) is 3.06. The van der Waals surface area contributed by atoms with Gasteiger partial charge in [0.25, 0.3) is 0 Å². The molecule has 2 N–H and O–H groups in total. The highest BCUT2D eigenvalue weighted by Gasteiger charge is 2.25. The van der Waals surface area contributed by atoms with Gasteiger partial charge in [-0.1, -0.05) is 42.0 Å². The average molecular weight is 267 g/mol. The minimum atomic E-state index is 0.314. The van der Waals surface area contributed by atoms with Gasteiger partial charge < -0.3 is 10.4 Å². The van der Waals surface area contributed by atoms with Crippen LogP contribution >= 0.6 is 0 Å². The molecule has 0 saturated carbocycles. The Hall–Kier alpha value is -1.80. The van der Waals surface area contributed by atoms with Gasteiger partial charge in [0, 0.05) is 12.1 Å². The molecule has 2 atom stereocenters. The highest BCUT2D eigenvalue weighted by atomic mass is 16.3. The first-order valence-electron chi connectivity index (χ1n) is 7.28. The maximum absolute atomic E-state index is 9.90. The number of phenols is 1. The summed E-state index contributed by atoms with van der Waals surface area (Å²) < 4.78 is 0. The third-order valence-electron chi connectivity index (χ3n) is 4.27. The minimum Gasteiger partial charge on any atom is -0.508 e. The third-order valence-corrected chi connectivity index (χ3v) is 4.27. The SMILES string of the molecule is Cc1ccc([C@@H](C)NC2CCc3c(O)cccc32)cc1. The summed E-state index contributed by atoms with van der Waals surface area (Å²) in [5.41, 5.74) is 4.96. The predicted octanol–water partition coefficient (Wildman–Crippen LogP) is 4.04. The van der Waals surface area contributed by atoms with Crippen molar-refractivity contribution in [3.63, 3.8) is 0 Å². The van der Waals surface area contributed by atoms with E-state index in [-0.39, 0.29) is 0 Å². The molecule has 0 spiro atoms. The number of hydrogen-bond acceptors (Lipinski definition) is 2. The van der Waals surface area contributed by atoms with Gasteiger partial charge in [0.15, 0.2) is 0 Å². The molecule has 0 aromatic heterocycles. The van der Waals surface area contributed by atoms with E-state index in [1.807, 2.05) is 6.07 Å². The van der Waals surface area contributed by atoms with Crippen molar-refractivity contribution in [1.29, 1.82) is 0 Å². The van der Waals surface area contributed by atoms with Crippen molar-refractivity contribution in [2.45, 2.75) is 38.8 Å². The van der Waals surface area contributed by atoms with Crippen molar-refractivity contribution in [2.75, 3.05) is 0 Å². The third kappa shape index (κ3) is 2.44. The zero-order valence-corrected chi connectivity index (χ0v) is 12.1. The highest BCUT2D eigenvalue weighted by Crippen LogP contribution is 2.37. The van der Waals surface area contributed by atoms with Gasteiger partial charge in [0.05, 0.1) is 0 Å². The summed E-state index contributed by atoms with van der Waals surface area (Å²) in [5, 5.41) is 13.6. The predicted molar refractivity (Wildman–Crippen MR) is 81.9 cm³/mol. The van der Waals surface area contributed by atoms with Crippen molar-refractivity contribution < 1.29 is 5.11 Å². The summed E-state index contributed by atoms with van der Waals surface area (Å²) in [7, 11) is 0. The molecule has 0 saturated heterocycles. The second-order valence-corrected chi connectivity index (χ2v) is 5.74. The topological polar surface area (TPSA) is 32.3 Å². The van der Waals surface area contributed by atoms with E-state index in [0.29, 0.717) is 17.8 Å². The molecule has 2 heteroatoms. The Kier molecular flexibility index (Phi) is 3.49. The molecule has 1 aliphatic rings. The number of nitrogens with one attached hydrogen (secondary N) is 1. The average Bonchev–Trinajstić information content (AvgIpc) is 2.84. The number of fused-ring (bicyclic) bond motifs is 1. The number of phenolic OH excluding ortho intramolecular Hbond substituents is 1. The van der Waals surface area contributed by atoms with Crippen molar-refractivity contribution >= 4 is 0 Å². The molecule has 2 nitrogen and oxygen atoms in total. The van der Waals surface area contributed by atoms with E-state index in [2.05, 4.69) is 49.5 Å². The number of rotatable bonds is 3. The molecule has 104 valence electrons. The van der Waals surface area contributed by atoms with Crippen molar-refractivity contribution in [2.24, 2.45) is 0 Å². The van der Waals surface area contributed by atoms with Crippen LogP contribution in [0.15, 0.2) is 42.5 Å². The second-order valence-electron chi connectivity index (χ2n) is 5.74. The highest BCUT2D eigenvalue weighted by molar-refractivity contribution is 5.44. The fraction of sp³-hybridized carbons (Fsp3) is 0.333. The van der Waals surface area contributed by atoms with E-state index in [0.717, 1.165) is 18.4 Å². The molecule has 0 aliphatic heterocycles. The molecular weight excluding hydrogens is 246 g/mol. The molecule has 3 rings (SSSR count). The van der Waals surface area contributed by atoms with Crippen molar-refractivity contribution in [3.05, 3.63) is 64.7 Å². The molecule has 0 fully saturated rings. The molecule has 2 aromatic rings. The molecule has 2 aromatic carbocycles. The van der Waals surface area contributed by atoms with E-state index in [4.69, 9.17) is 0 Å². The van der Waals surface area contributed by atoms with Crippen LogP contribution < -0.4 is 5.32 Å². The number of aromatic hydroxyl groups is 1. The lowest BCUT2D eigenvalue weighted by Gasteiger charge is -2.21. The summed E-state index contributed by atoms with van der Waals surface area (Å²) in [4.78, 5) is 0. The van der Waals surface area contributed by atoms with Gasteiger partial charge >= 0.3 is 0 Å². The van der Waals surface area contributed by atoms with E-state index in [1.165, 1.54) is 16.7 Å². The molecule has 1 unspecified atom stereocenters. The quantitative estimate of drug-likeness (QED) is 0.879. The lowest BCUT2D eigenvalue weighted by atomic mass is 10.0. The molecule has 0 amide bonds. The van der Waals surface area contributed by atoms with E-state index < -0.39 is 0 Å². The Morgan fingerprint density at radius 2 is 1.90 bits per heavy atom. The van der Waals surface area contributed by atoms with Crippen LogP contribution in [0.4, 0.5) is 0 Å². The van der Waals surface area contributed by atoms with E-state index >= 15 is 0 Å². The van der Waals surface area contributed by atoms with Crippen LogP contribution in [-0.2, 0) is 6.42 Å². The van der Waals surface area contributed by atoms with Crippen LogP contribution in [0.2, 0.25) is 0 Å².